The maximum Gasteiger partial charge on any atom is 0.409 e. The standard InChI is InChI=1S/C23H21NO4S.C22H24N4O4S.C15H16N2O2S.C7H5ClO2.C6H10N2O/c25-23(28-21-8-2-1-3-9-21)16-18-10-12-22(13-11-18)29(26,27)24-15-14-19-6-4-5-7-20(19)17-24;1-15-21(16(2)30-25-15)13-23-22(27)24-19-7-9-20(10-8-19)31(28,29)26-12-11-17-5-3-4-6-18(17)14-26;16-14-5-7-15(8-6-14)20(18,19)17-10-9-12-3-1-2-4-13(12)11-17;8-7(9)10-6-4-2-1-3-5-6;1-4-6(3-7)5(2)9-8-4/h1-13H,14-17H2;3-10H,11-14H2,1-2H3,(H2,23,24,27);1-8H,9-11,16H2;1-5H;3,7H2,1-2H3. The molecule has 13 rings (SSSR count). The zero-order chi connectivity index (χ0) is 70.7. The van der Waals surface area contributed by atoms with E-state index in [1.807, 2.05) is 99.6 Å². The highest BCUT2D eigenvalue weighted by molar-refractivity contribution is 7.89. The number of carbonyl (C=O) groups excluding carboxylic acids is 3. The second-order valence-electron chi connectivity index (χ2n) is 23.0. The predicted molar refractivity (Wildman–Crippen MR) is 377 cm³/mol. The molecule has 516 valence electrons. The van der Waals surface area contributed by atoms with Crippen LogP contribution in [0.15, 0.2) is 230 Å². The number of benzene rings is 8. The Labute approximate surface area is 581 Å². The number of hydrogen-bond donors (Lipinski definition) is 4. The highest BCUT2D eigenvalue weighted by atomic mass is 35.5. The van der Waals surface area contributed by atoms with Crippen molar-refractivity contribution in [3.8, 4) is 11.5 Å². The fourth-order valence-electron chi connectivity index (χ4n) is 10.9. The summed E-state index contributed by atoms with van der Waals surface area (Å²) in [4.78, 5) is 35.1. The van der Waals surface area contributed by atoms with Crippen molar-refractivity contribution in [3.63, 3.8) is 0 Å². The van der Waals surface area contributed by atoms with Crippen LogP contribution in [0.5, 0.6) is 11.5 Å². The van der Waals surface area contributed by atoms with Crippen molar-refractivity contribution in [2.24, 2.45) is 5.73 Å². The summed E-state index contributed by atoms with van der Waals surface area (Å²) in [7, 11) is -10.6. The van der Waals surface area contributed by atoms with Gasteiger partial charge in [0.05, 0.1) is 32.5 Å². The van der Waals surface area contributed by atoms with Crippen LogP contribution >= 0.6 is 11.6 Å². The van der Waals surface area contributed by atoms with Crippen LogP contribution in [-0.4, -0.2) is 85.5 Å². The number of sulfonamides is 3. The first-order chi connectivity index (χ1) is 47.5. The van der Waals surface area contributed by atoms with Crippen LogP contribution in [0.4, 0.5) is 21.0 Å². The van der Waals surface area contributed by atoms with E-state index < -0.39 is 41.5 Å². The number of para-hydroxylation sites is 2. The van der Waals surface area contributed by atoms with E-state index in [0.717, 1.165) is 51.4 Å². The van der Waals surface area contributed by atoms with E-state index >= 15 is 0 Å². The van der Waals surface area contributed by atoms with Crippen LogP contribution in [0, 0.1) is 27.7 Å². The molecular weight excluding hydrogens is 1340 g/mol. The van der Waals surface area contributed by atoms with E-state index in [-0.39, 0.29) is 28.7 Å². The van der Waals surface area contributed by atoms with Crippen LogP contribution in [0.2, 0.25) is 0 Å². The summed E-state index contributed by atoms with van der Waals surface area (Å²) in [5.74, 6) is 2.05. The number of ether oxygens (including phenoxy) is 2. The Morgan fingerprint density at radius 3 is 1.22 bits per heavy atom. The number of nitrogen functional groups attached to an aromatic ring is 1. The van der Waals surface area contributed by atoms with E-state index in [2.05, 4.69) is 31.8 Å². The maximum absolute atomic E-state index is 13.0. The number of anilines is 2. The molecule has 5 heterocycles. The average Bonchev–Trinajstić information content (AvgIpc) is 1.47. The number of fused-ring (bicyclic) bond motifs is 3. The molecule has 3 aliphatic heterocycles. The summed E-state index contributed by atoms with van der Waals surface area (Å²) in [5, 5.41) is 13.0. The second kappa shape index (κ2) is 34.1. The predicted octanol–water partition coefficient (Wildman–Crippen LogP) is 12.1. The average molecular weight is 1420 g/mol. The molecule has 0 fully saturated rings. The Balaban J connectivity index is 0.000000155. The molecule has 2 aromatic heterocycles. The smallest absolute Gasteiger partial charge is 0.409 e. The third-order valence-corrected chi connectivity index (χ3v) is 22.0. The number of aromatic nitrogens is 2. The summed E-state index contributed by atoms with van der Waals surface area (Å²) in [6.07, 6.45) is 2.23. The molecule has 10 aromatic rings. The van der Waals surface area contributed by atoms with Crippen molar-refractivity contribution in [1.29, 1.82) is 0 Å². The first-order valence-corrected chi connectivity index (χ1v) is 36.2. The van der Waals surface area contributed by atoms with Gasteiger partial charge >= 0.3 is 17.4 Å². The number of aryl methyl sites for hydroxylation is 4. The Kier molecular flexibility index (Phi) is 25.3. The van der Waals surface area contributed by atoms with Gasteiger partial charge in [0.25, 0.3) is 0 Å². The number of nitrogens with zero attached hydrogens (tertiary/aromatic N) is 5. The summed E-state index contributed by atoms with van der Waals surface area (Å²) < 4.78 is 102. The van der Waals surface area contributed by atoms with Gasteiger partial charge < -0.3 is 40.6 Å². The zero-order valence-electron chi connectivity index (χ0n) is 54.9. The normalized spacial score (nSPS) is 13.6. The molecule has 99 heavy (non-hydrogen) atoms. The number of esters is 1. The molecule has 0 atom stereocenters. The summed E-state index contributed by atoms with van der Waals surface area (Å²) in [5.41, 5.74) is 22.2. The lowest BCUT2D eigenvalue weighted by atomic mass is 10.0. The topological polar surface area (TPSA) is 310 Å². The van der Waals surface area contributed by atoms with Gasteiger partial charge in [-0.25, -0.2) is 34.8 Å². The van der Waals surface area contributed by atoms with Crippen molar-refractivity contribution in [1.82, 2.24) is 28.5 Å². The number of amides is 2. The lowest BCUT2D eigenvalue weighted by Crippen LogP contribution is -2.35. The van der Waals surface area contributed by atoms with Gasteiger partial charge in [-0.05, 0) is 171 Å². The van der Waals surface area contributed by atoms with Crippen molar-refractivity contribution in [2.75, 3.05) is 30.7 Å². The van der Waals surface area contributed by atoms with Crippen LogP contribution in [0.1, 0.15) is 73.0 Å². The summed E-state index contributed by atoms with van der Waals surface area (Å²) in [6.45, 7) is 10.8. The molecule has 26 heteroatoms. The van der Waals surface area contributed by atoms with Gasteiger partial charge in [-0.3, -0.25) is 4.79 Å². The number of carbonyl (C=O) groups is 3. The number of nitrogens with one attached hydrogen (secondary N) is 2. The Bertz CT molecular complexity index is 4700. The van der Waals surface area contributed by atoms with Crippen LogP contribution < -0.4 is 31.6 Å². The van der Waals surface area contributed by atoms with Gasteiger partial charge in [-0.2, -0.15) is 12.9 Å². The van der Waals surface area contributed by atoms with Crippen molar-refractivity contribution < 1.29 is 58.2 Å². The minimum Gasteiger partial charge on any atom is -0.426 e. The highest BCUT2D eigenvalue weighted by Crippen LogP contribution is 2.29. The molecule has 2 amide bonds. The van der Waals surface area contributed by atoms with Gasteiger partial charge in [0.2, 0.25) is 30.1 Å². The molecule has 8 aromatic carbocycles. The molecule has 0 bridgehead atoms. The van der Waals surface area contributed by atoms with Gasteiger partial charge in [0, 0.05) is 86.5 Å². The van der Waals surface area contributed by atoms with Gasteiger partial charge in [-0.1, -0.05) is 132 Å². The molecule has 0 unspecified atom stereocenters. The van der Waals surface area contributed by atoms with E-state index in [9.17, 15) is 39.6 Å². The Hall–Kier alpha value is -9.83. The number of halogens is 1. The minimum absolute atomic E-state index is 0.0757. The molecule has 3 aliphatic rings. The van der Waals surface area contributed by atoms with E-state index in [4.69, 9.17) is 36.9 Å². The molecule has 6 N–H and O–H groups in total. The zero-order valence-corrected chi connectivity index (χ0v) is 58.1. The molecule has 0 radical (unpaired) electrons. The van der Waals surface area contributed by atoms with Crippen molar-refractivity contribution >= 4 is 70.5 Å². The Morgan fingerprint density at radius 1 is 0.485 bits per heavy atom. The number of urea groups is 1. The number of hydrogen-bond acceptors (Lipinski definition) is 17. The van der Waals surface area contributed by atoms with Crippen LogP contribution in [-0.2, 0) is 93.3 Å². The molecule has 0 saturated carbocycles. The van der Waals surface area contributed by atoms with E-state index in [1.54, 1.807) is 116 Å². The van der Waals surface area contributed by atoms with Crippen LogP contribution in [0.25, 0.3) is 0 Å². The monoisotopic (exact) mass is 1420 g/mol. The summed E-state index contributed by atoms with van der Waals surface area (Å²) >= 11 is 4.95. The quantitative estimate of drug-likeness (QED) is 0.0340. The molecule has 0 saturated heterocycles. The molecule has 0 spiro atoms. The highest BCUT2D eigenvalue weighted by Gasteiger charge is 2.31. The third kappa shape index (κ3) is 19.9. The summed E-state index contributed by atoms with van der Waals surface area (Å²) in [6, 6.07) is 59.9. The fraction of sp³-hybridized carbons (Fsp3) is 0.219. The first kappa shape index (κ1) is 73.4. The largest absolute Gasteiger partial charge is 0.426 e. The van der Waals surface area contributed by atoms with E-state index in [1.165, 1.54) is 41.7 Å². The maximum atomic E-state index is 13.0. The van der Waals surface area contributed by atoms with Crippen molar-refractivity contribution in [2.45, 2.75) is 101 Å². The lowest BCUT2D eigenvalue weighted by Gasteiger charge is -2.28. The molecule has 0 aliphatic carbocycles. The lowest BCUT2D eigenvalue weighted by molar-refractivity contribution is -0.133. The second-order valence-corrected chi connectivity index (χ2v) is 29.2. The van der Waals surface area contributed by atoms with Gasteiger partial charge in [0.1, 0.15) is 23.0 Å². The molecule has 22 nitrogen and oxygen atoms in total. The SMILES string of the molecule is Cc1noc(C)c1CN.Cc1noc(C)c1CNC(=O)Nc1ccc(S(=O)(=O)N2CCc3ccccc3C2)cc1.Nc1ccc(S(=O)(=O)N2CCc3ccccc3C2)cc1.O=C(Cc1ccc(S(=O)(=O)N2CCc3ccccc3C2)cc1)Oc1ccccc1.O=C(Cl)Oc1ccccc1. The number of nitrogens with two attached hydrogens (primary N) is 2. The minimum atomic E-state index is -3.61. The van der Waals surface area contributed by atoms with Crippen molar-refractivity contribution in [3.05, 3.63) is 279 Å². The number of rotatable bonds is 14. The Morgan fingerprint density at radius 2 is 0.848 bits per heavy atom. The molecular formula is C73H76ClN9O13S3. The third-order valence-electron chi connectivity index (χ3n) is 16.4. The van der Waals surface area contributed by atoms with Gasteiger partial charge in [-0.15, -0.1) is 0 Å². The van der Waals surface area contributed by atoms with Gasteiger partial charge in [0.15, 0.2) is 0 Å². The fourth-order valence-corrected chi connectivity index (χ4v) is 15.2. The first-order valence-electron chi connectivity index (χ1n) is 31.5. The van der Waals surface area contributed by atoms with Crippen LogP contribution in [0.3, 0.4) is 0 Å². The van der Waals surface area contributed by atoms with E-state index in [0.29, 0.717) is 97.7 Å².